The van der Waals surface area contributed by atoms with Crippen LogP contribution in [0.1, 0.15) is 0 Å². The fourth-order valence-corrected chi connectivity index (χ4v) is 1.88. The monoisotopic (exact) mass is 214 g/mol. The lowest BCUT2D eigenvalue weighted by Gasteiger charge is -2.15. The Labute approximate surface area is 83.8 Å². The first-order valence-corrected chi connectivity index (χ1v) is 5.71. The molecular formula is C8H8NO2S2-. The van der Waals surface area contributed by atoms with E-state index in [-0.39, 0.29) is 4.91 Å². The van der Waals surface area contributed by atoms with Gasteiger partial charge in [0.05, 0.1) is 10.6 Å². The highest BCUT2D eigenvalue weighted by Crippen LogP contribution is 2.18. The third-order valence-corrected chi connectivity index (χ3v) is 2.50. The summed E-state index contributed by atoms with van der Waals surface area (Å²) in [6.45, 7) is 3.70. The highest BCUT2D eigenvalue weighted by Gasteiger charge is 2.12. The molecule has 0 aromatic heterocycles. The van der Waals surface area contributed by atoms with Crippen LogP contribution in [-0.4, -0.2) is 20.7 Å². The van der Waals surface area contributed by atoms with Gasteiger partial charge in [0, 0.05) is 6.26 Å². The van der Waals surface area contributed by atoms with E-state index < -0.39 is 11.1 Å². The predicted molar refractivity (Wildman–Crippen MR) is 56.2 cm³/mol. The van der Waals surface area contributed by atoms with Crippen molar-refractivity contribution in [2.45, 2.75) is 0 Å². The Kier molecular flexibility index (Phi) is 3.65. The van der Waals surface area contributed by atoms with E-state index in [4.69, 9.17) is 0 Å². The van der Waals surface area contributed by atoms with Gasteiger partial charge in [0.15, 0.2) is 0 Å². The smallest absolute Gasteiger partial charge is 0.0928 e. The Bertz CT molecular complexity index is 342. The maximum atomic E-state index is 10.8. The maximum Gasteiger partial charge on any atom is 0.0928 e. The second-order valence-electron chi connectivity index (χ2n) is 2.27. The van der Waals surface area contributed by atoms with Crippen LogP contribution < -0.4 is 0 Å². The van der Waals surface area contributed by atoms with E-state index in [9.17, 15) is 8.76 Å². The van der Waals surface area contributed by atoms with Crippen molar-refractivity contribution in [2.24, 2.45) is 4.40 Å². The minimum Gasteiger partial charge on any atom is -0.768 e. The van der Waals surface area contributed by atoms with E-state index in [0.29, 0.717) is 11.3 Å². The summed E-state index contributed by atoms with van der Waals surface area (Å²) in [4.78, 5) is 0.196. The topological polar surface area (TPSA) is 52.5 Å². The van der Waals surface area contributed by atoms with Gasteiger partial charge < -0.3 is 4.55 Å². The van der Waals surface area contributed by atoms with Gasteiger partial charge in [-0.15, -0.1) is 0 Å². The molecule has 70 valence electrons. The van der Waals surface area contributed by atoms with Crippen LogP contribution in [0.15, 0.2) is 39.7 Å². The lowest BCUT2D eigenvalue weighted by atomic mass is 10.1. The average Bonchev–Trinajstić information content (AvgIpc) is 2.08. The van der Waals surface area contributed by atoms with Gasteiger partial charge in [0.1, 0.15) is 0 Å². The van der Waals surface area contributed by atoms with Crippen LogP contribution in [0.5, 0.6) is 0 Å². The van der Waals surface area contributed by atoms with Gasteiger partial charge in [-0.1, -0.05) is 18.7 Å². The number of hydrogen-bond donors (Lipinski definition) is 0. The molecule has 5 heteroatoms. The molecule has 0 radical (unpaired) electrons. The summed E-state index contributed by atoms with van der Waals surface area (Å²) in [6, 6.07) is 0. The fraction of sp³-hybridized carbons (Fsp3) is 0.125. The van der Waals surface area contributed by atoms with Crippen LogP contribution in [-0.2, 0) is 11.1 Å². The van der Waals surface area contributed by atoms with E-state index >= 15 is 0 Å². The maximum absolute atomic E-state index is 10.8. The van der Waals surface area contributed by atoms with Crippen molar-refractivity contribution in [1.29, 1.82) is 0 Å². The molecule has 0 saturated heterocycles. The van der Waals surface area contributed by atoms with E-state index in [1.807, 2.05) is 0 Å². The largest absolute Gasteiger partial charge is 0.768 e. The van der Waals surface area contributed by atoms with Crippen molar-refractivity contribution in [1.82, 2.24) is 0 Å². The molecule has 0 spiro atoms. The summed E-state index contributed by atoms with van der Waals surface area (Å²) in [7, 11) is 0. The Hall–Kier alpha value is -0.650. The first-order valence-electron chi connectivity index (χ1n) is 3.45. The summed E-state index contributed by atoms with van der Waals surface area (Å²) < 4.78 is 25.5. The van der Waals surface area contributed by atoms with Gasteiger partial charge in [-0.05, 0) is 34.7 Å². The third kappa shape index (κ3) is 2.40. The zero-order valence-electron chi connectivity index (χ0n) is 7.02. The Morgan fingerprint density at radius 2 is 2.38 bits per heavy atom. The Morgan fingerprint density at radius 1 is 1.69 bits per heavy atom. The van der Waals surface area contributed by atoms with Crippen LogP contribution in [0, 0.1) is 0 Å². The number of allylic oxidation sites excluding steroid dienone is 5. The van der Waals surface area contributed by atoms with Gasteiger partial charge in [0.2, 0.25) is 0 Å². The van der Waals surface area contributed by atoms with Gasteiger partial charge in [0.25, 0.3) is 0 Å². The summed E-state index contributed by atoms with van der Waals surface area (Å²) in [5.74, 6) is 0. The molecule has 0 saturated carbocycles. The first kappa shape index (κ1) is 10.4. The molecule has 1 aliphatic rings. The molecule has 1 atom stereocenters. The highest BCUT2D eigenvalue weighted by molar-refractivity contribution is 7.97. The van der Waals surface area contributed by atoms with Crippen LogP contribution >= 0.6 is 11.9 Å². The molecule has 1 rings (SSSR count). The van der Waals surface area contributed by atoms with Crippen molar-refractivity contribution in [3.8, 4) is 0 Å². The molecule has 13 heavy (non-hydrogen) atoms. The molecule has 3 nitrogen and oxygen atoms in total. The van der Waals surface area contributed by atoms with E-state index in [1.165, 1.54) is 18.0 Å². The van der Waals surface area contributed by atoms with Crippen molar-refractivity contribution >= 4 is 28.7 Å². The highest BCUT2D eigenvalue weighted by atomic mass is 32.2. The second kappa shape index (κ2) is 4.55. The molecule has 0 aromatic carbocycles. The van der Waals surface area contributed by atoms with Crippen LogP contribution in [0.3, 0.4) is 0 Å². The van der Waals surface area contributed by atoms with Crippen molar-refractivity contribution < 1.29 is 8.76 Å². The summed E-state index contributed by atoms with van der Waals surface area (Å²) in [6.07, 6.45) is 6.65. The normalized spacial score (nSPS) is 21.8. The standard InChI is InChI=1S/C8H9NO2S2/c1-6-4-3-5-7(13(10)11)8(6)9-12-2/h3-5H,1H2,2H3,(H,10,11)/p-1. The fourth-order valence-electron chi connectivity index (χ4n) is 0.897. The summed E-state index contributed by atoms with van der Waals surface area (Å²) in [5, 5.41) is 0. The lowest BCUT2D eigenvalue weighted by molar-refractivity contribution is 0.545. The third-order valence-electron chi connectivity index (χ3n) is 1.44. The molecule has 0 aromatic rings. The molecule has 0 fully saturated rings. The SMILES string of the molecule is C=C1C=CC=C(S(=O)[O-])C1=NSC. The molecule has 1 unspecified atom stereocenters. The number of nitrogens with zero attached hydrogens (tertiary/aromatic N) is 1. The summed E-state index contributed by atoms with van der Waals surface area (Å²) in [5.41, 5.74) is 1.05. The molecule has 0 N–H and O–H groups in total. The van der Waals surface area contributed by atoms with Crippen LogP contribution in [0.2, 0.25) is 0 Å². The number of rotatable bonds is 2. The quantitative estimate of drug-likeness (QED) is 0.518. The van der Waals surface area contributed by atoms with E-state index in [1.54, 1.807) is 18.4 Å². The van der Waals surface area contributed by atoms with Gasteiger partial charge in [-0.2, -0.15) is 0 Å². The van der Waals surface area contributed by atoms with Crippen molar-refractivity contribution in [3.05, 3.63) is 35.3 Å². The van der Waals surface area contributed by atoms with Crippen molar-refractivity contribution in [3.63, 3.8) is 0 Å². The molecular weight excluding hydrogens is 206 g/mol. The van der Waals surface area contributed by atoms with Gasteiger partial charge in [-0.3, -0.25) is 4.21 Å². The van der Waals surface area contributed by atoms with Crippen molar-refractivity contribution in [2.75, 3.05) is 6.26 Å². The van der Waals surface area contributed by atoms with Gasteiger partial charge in [-0.25, -0.2) is 4.40 Å². The zero-order valence-corrected chi connectivity index (χ0v) is 8.65. The molecule has 0 aliphatic heterocycles. The number of hydrogen-bond acceptors (Lipinski definition) is 4. The van der Waals surface area contributed by atoms with E-state index in [0.717, 1.165) is 0 Å². The minimum atomic E-state index is -2.25. The lowest BCUT2D eigenvalue weighted by Crippen LogP contribution is -2.11. The molecule has 1 aliphatic carbocycles. The van der Waals surface area contributed by atoms with E-state index in [2.05, 4.69) is 11.0 Å². The Morgan fingerprint density at radius 3 is 2.92 bits per heavy atom. The molecule has 0 amide bonds. The van der Waals surface area contributed by atoms with Crippen LogP contribution in [0.4, 0.5) is 0 Å². The van der Waals surface area contributed by atoms with Crippen LogP contribution in [0.25, 0.3) is 0 Å². The average molecular weight is 214 g/mol. The summed E-state index contributed by atoms with van der Waals surface area (Å²) >= 11 is -1.04. The Balaban J connectivity index is 3.10. The zero-order chi connectivity index (χ0) is 9.84. The first-order chi connectivity index (χ1) is 6.16. The minimum absolute atomic E-state index is 0.196. The molecule has 0 heterocycles. The second-order valence-corrected chi connectivity index (χ2v) is 3.73. The van der Waals surface area contributed by atoms with Gasteiger partial charge >= 0.3 is 0 Å². The predicted octanol–water partition coefficient (Wildman–Crippen LogP) is 1.59. The molecule has 0 bridgehead atoms.